The Morgan fingerprint density at radius 3 is 2.87 bits per heavy atom. The van der Waals surface area contributed by atoms with Crippen LogP contribution in [0.4, 0.5) is 11.5 Å². The number of pyridine rings is 2. The van der Waals surface area contributed by atoms with E-state index in [1.807, 2.05) is 49.8 Å². The van der Waals surface area contributed by atoms with Gasteiger partial charge >= 0.3 is 5.97 Å². The zero-order chi connectivity index (χ0) is 26.8. The number of ether oxygens (including phenoxy) is 2. The molecule has 1 aromatic carbocycles. The molecular weight excluding hydrogens is 480 g/mol. The van der Waals surface area contributed by atoms with E-state index in [0.29, 0.717) is 17.2 Å². The van der Waals surface area contributed by atoms with E-state index >= 15 is 0 Å². The monoisotopic (exact) mass is 514 g/mol. The van der Waals surface area contributed by atoms with Crippen LogP contribution >= 0.6 is 0 Å². The average Bonchev–Trinajstić information content (AvgIpc) is 3.34. The third kappa shape index (κ3) is 4.81. The molecule has 0 amide bonds. The van der Waals surface area contributed by atoms with Crippen molar-refractivity contribution in [1.29, 1.82) is 0 Å². The molecule has 1 fully saturated rings. The van der Waals surface area contributed by atoms with Gasteiger partial charge in [-0.05, 0) is 76.8 Å². The number of carbonyl (C=O) groups is 1. The van der Waals surface area contributed by atoms with E-state index in [2.05, 4.69) is 16.4 Å². The summed E-state index contributed by atoms with van der Waals surface area (Å²) in [5.74, 6) is 0.186. The molecule has 1 aliphatic heterocycles. The van der Waals surface area contributed by atoms with E-state index < -0.39 is 5.97 Å². The second-order valence-corrected chi connectivity index (χ2v) is 9.84. The number of carbonyl (C=O) groups excluding carboxylic acids is 1. The third-order valence-electron chi connectivity index (χ3n) is 6.72. The van der Waals surface area contributed by atoms with Gasteiger partial charge in [0.1, 0.15) is 5.82 Å². The van der Waals surface area contributed by atoms with Gasteiger partial charge in [-0.25, -0.2) is 19.4 Å². The Bertz CT molecular complexity index is 1470. The Hall–Kier alpha value is -3.98. The van der Waals surface area contributed by atoms with Gasteiger partial charge in [-0.1, -0.05) is 6.07 Å². The summed E-state index contributed by atoms with van der Waals surface area (Å²) in [7, 11) is 0. The highest BCUT2D eigenvalue weighted by atomic mass is 16.5. The molecule has 9 nitrogen and oxygen atoms in total. The molecule has 0 bridgehead atoms. The molecule has 5 rings (SSSR count). The predicted octanol–water partition coefficient (Wildman–Crippen LogP) is 5.75. The number of nitrogens with zero attached hydrogens (tertiary/aromatic N) is 4. The van der Waals surface area contributed by atoms with Gasteiger partial charge in [0.25, 0.3) is 0 Å². The number of hydrogen-bond acceptors (Lipinski definition) is 8. The molecule has 4 aromatic rings. The van der Waals surface area contributed by atoms with Gasteiger partial charge < -0.3 is 20.5 Å². The zero-order valence-corrected chi connectivity index (χ0v) is 22.3. The highest BCUT2D eigenvalue weighted by Crippen LogP contribution is 2.39. The fraction of sp³-hybridized carbons (Fsp3) is 0.379. The summed E-state index contributed by atoms with van der Waals surface area (Å²) in [6.07, 6.45) is 6.53. The zero-order valence-electron chi connectivity index (χ0n) is 22.3. The molecule has 4 heterocycles. The van der Waals surface area contributed by atoms with Crippen molar-refractivity contribution in [2.45, 2.75) is 59.2 Å². The maximum atomic E-state index is 13.1. The number of esters is 1. The van der Waals surface area contributed by atoms with Crippen LogP contribution in [0.5, 0.6) is 0 Å². The van der Waals surface area contributed by atoms with Gasteiger partial charge in [0.2, 0.25) is 0 Å². The first kappa shape index (κ1) is 25.7. The van der Waals surface area contributed by atoms with Crippen LogP contribution in [0.1, 0.15) is 62.2 Å². The van der Waals surface area contributed by atoms with Crippen molar-refractivity contribution in [1.82, 2.24) is 19.7 Å². The minimum absolute atomic E-state index is 0.108. The molecule has 0 spiro atoms. The van der Waals surface area contributed by atoms with Crippen molar-refractivity contribution >= 4 is 28.4 Å². The van der Waals surface area contributed by atoms with Crippen LogP contribution in [0, 0.1) is 6.92 Å². The minimum Gasteiger partial charge on any atom is -0.462 e. The largest absolute Gasteiger partial charge is 0.462 e. The van der Waals surface area contributed by atoms with Crippen LogP contribution in [0.15, 0.2) is 42.7 Å². The van der Waals surface area contributed by atoms with Gasteiger partial charge in [0, 0.05) is 35.4 Å². The van der Waals surface area contributed by atoms with Gasteiger partial charge in [-0.15, -0.1) is 0 Å². The Labute approximate surface area is 222 Å². The van der Waals surface area contributed by atoms with Gasteiger partial charge in [0.05, 0.1) is 41.0 Å². The minimum atomic E-state index is -0.492. The molecule has 0 radical (unpaired) electrons. The first-order chi connectivity index (χ1) is 18.4. The number of anilines is 2. The highest BCUT2D eigenvalue weighted by Gasteiger charge is 2.25. The molecule has 0 saturated carbocycles. The Kier molecular flexibility index (Phi) is 7.28. The first-order valence-corrected chi connectivity index (χ1v) is 13.2. The second kappa shape index (κ2) is 10.8. The van der Waals surface area contributed by atoms with Gasteiger partial charge in [0.15, 0.2) is 6.23 Å². The molecular formula is C29H34N6O3. The van der Waals surface area contributed by atoms with Crippen molar-refractivity contribution in [2.24, 2.45) is 0 Å². The number of aryl methyl sites for hydroxylation is 1. The lowest BCUT2D eigenvalue weighted by Gasteiger charge is -2.23. The van der Waals surface area contributed by atoms with Crippen LogP contribution in [-0.4, -0.2) is 45.0 Å². The summed E-state index contributed by atoms with van der Waals surface area (Å²) in [6, 6.07) is 9.71. The summed E-state index contributed by atoms with van der Waals surface area (Å²) in [5, 5.41) is 8.98. The Morgan fingerprint density at radius 1 is 1.29 bits per heavy atom. The molecule has 3 N–H and O–H groups in total. The Morgan fingerprint density at radius 2 is 2.13 bits per heavy atom. The van der Waals surface area contributed by atoms with Gasteiger partial charge in [-0.2, -0.15) is 5.10 Å². The quantitative estimate of drug-likeness (QED) is 0.300. The van der Waals surface area contributed by atoms with Crippen LogP contribution in [0.2, 0.25) is 0 Å². The van der Waals surface area contributed by atoms with Crippen molar-refractivity contribution in [2.75, 3.05) is 24.3 Å². The number of nitrogens with two attached hydrogens (primary N) is 1. The third-order valence-corrected chi connectivity index (χ3v) is 6.72. The molecule has 0 aliphatic carbocycles. The fourth-order valence-corrected chi connectivity index (χ4v) is 4.95. The van der Waals surface area contributed by atoms with E-state index in [9.17, 15) is 4.79 Å². The molecule has 3 aromatic heterocycles. The predicted molar refractivity (Wildman–Crippen MR) is 149 cm³/mol. The van der Waals surface area contributed by atoms with Crippen LogP contribution in [-0.2, 0) is 9.47 Å². The summed E-state index contributed by atoms with van der Waals surface area (Å²) >= 11 is 0. The van der Waals surface area contributed by atoms with E-state index in [0.717, 1.165) is 53.5 Å². The normalized spacial score (nSPS) is 15.7. The number of nitrogens with one attached hydrogen (secondary N) is 1. The fourth-order valence-electron chi connectivity index (χ4n) is 4.95. The molecule has 1 aliphatic rings. The van der Waals surface area contributed by atoms with E-state index in [-0.39, 0.29) is 30.1 Å². The summed E-state index contributed by atoms with van der Waals surface area (Å²) in [6.45, 7) is 8.83. The van der Waals surface area contributed by atoms with Crippen molar-refractivity contribution in [3.05, 3.63) is 53.9 Å². The lowest BCUT2D eigenvalue weighted by Crippen LogP contribution is -2.18. The summed E-state index contributed by atoms with van der Waals surface area (Å²) < 4.78 is 13.3. The number of aromatic nitrogens is 4. The SMILES string of the molecule is CCOC(=O)c1cc(-c2cccnc2NC(C)C)nc(-c2c(C)ccc3c2cnn3C2CCCCO2)c1N. The lowest BCUT2D eigenvalue weighted by atomic mass is 9.96. The number of rotatable bonds is 7. The van der Waals surface area contributed by atoms with Crippen molar-refractivity contribution in [3.8, 4) is 22.5 Å². The number of fused-ring (bicyclic) bond motifs is 1. The van der Waals surface area contributed by atoms with E-state index in [1.54, 1.807) is 19.2 Å². The maximum Gasteiger partial charge on any atom is 0.340 e. The summed E-state index contributed by atoms with van der Waals surface area (Å²) in [5.41, 5.74) is 11.8. The lowest BCUT2D eigenvalue weighted by molar-refractivity contribution is -0.0366. The smallest absolute Gasteiger partial charge is 0.340 e. The van der Waals surface area contributed by atoms with Crippen LogP contribution in [0.3, 0.4) is 0 Å². The van der Waals surface area contributed by atoms with Gasteiger partial charge in [-0.3, -0.25) is 0 Å². The molecule has 1 unspecified atom stereocenters. The summed E-state index contributed by atoms with van der Waals surface area (Å²) in [4.78, 5) is 22.6. The standard InChI is InChI=1S/C29H34N6O3/c1-5-37-29(36)20-15-22(19-9-8-13-31-28(19)33-17(2)3)34-27(26(20)30)25-18(4)11-12-23-21(25)16-32-35(23)24-10-6-7-14-38-24/h8-9,11-13,15-17,24H,5-7,10,14,30H2,1-4H3,(H,31,33). The second-order valence-electron chi connectivity index (χ2n) is 9.84. The molecule has 1 atom stereocenters. The topological polar surface area (TPSA) is 117 Å². The average molecular weight is 515 g/mol. The maximum absolute atomic E-state index is 13.1. The molecule has 9 heteroatoms. The Balaban J connectivity index is 1.74. The number of hydrogen-bond donors (Lipinski definition) is 2. The molecule has 38 heavy (non-hydrogen) atoms. The molecule has 1 saturated heterocycles. The highest BCUT2D eigenvalue weighted by molar-refractivity contribution is 6.05. The number of nitrogen functional groups attached to an aromatic ring is 1. The van der Waals surface area contributed by atoms with Crippen molar-refractivity contribution in [3.63, 3.8) is 0 Å². The van der Waals surface area contributed by atoms with Crippen LogP contribution in [0.25, 0.3) is 33.4 Å². The van der Waals surface area contributed by atoms with Crippen molar-refractivity contribution < 1.29 is 14.3 Å². The van der Waals surface area contributed by atoms with E-state index in [4.69, 9.17) is 25.3 Å². The number of benzene rings is 1. The van der Waals surface area contributed by atoms with E-state index in [1.165, 1.54) is 0 Å². The molecule has 198 valence electrons. The first-order valence-electron chi connectivity index (χ1n) is 13.2. The van der Waals surface area contributed by atoms with Crippen LogP contribution < -0.4 is 11.1 Å².